The Labute approximate surface area is 155 Å². The first kappa shape index (κ1) is 18.4. The van der Waals surface area contributed by atoms with Gasteiger partial charge in [0.05, 0.1) is 12.7 Å². The van der Waals surface area contributed by atoms with E-state index in [9.17, 15) is 9.59 Å². The number of methoxy groups -OCH3 is 1. The standard InChI is InChI=1S/C23H26O3/c1-22(2,20(24)18-11-7-8-12-19(18)26-4)15-23(3)14-13-16-9-5-6-10-17(16)21(23)25/h5-12H,13-15H2,1-4H3. The minimum absolute atomic E-state index is 0.0165. The summed E-state index contributed by atoms with van der Waals surface area (Å²) in [5.41, 5.74) is 1.30. The number of rotatable bonds is 5. The quantitative estimate of drug-likeness (QED) is 0.702. The number of carbonyl (C=O) groups excluding carboxylic acids is 2. The molecule has 1 unspecified atom stereocenters. The number of Topliss-reactive ketones (excluding diaryl/α,β-unsaturated/α-hetero) is 2. The third-order valence-electron chi connectivity index (χ3n) is 5.55. The van der Waals surface area contributed by atoms with E-state index >= 15 is 0 Å². The van der Waals surface area contributed by atoms with Gasteiger partial charge in [0.15, 0.2) is 11.6 Å². The van der Waals surface area contributed by atoms with Crippen LogP contribution in [0.4, 0.5) is 0 Å². The lowest BCUT2D eigenvalue weighted by molar-refractivity contribution is 0.0614. The predicted molar refractivity (Wildman–Crippen MR) is 103 cm³/mol. The Bertz CT molecular complexity index is 850. The number of ketones is 2. The number of hydrogen-bond donors (Lipinski definition) is 0. The number of hydrogen-bond acceptors (Lipinski definition) is 3. The number of aryl methyl sites for hydroxylation is 1. The molecule has 136 valence electrons. The zero-order valence-electron chi connectivity index (χ0n) is 16.0. The zero-order valence-corrected chi connectivity index (χ0v) is 16.0. The molecule has 0 N–H and O–H groups in total. The molecule has 3 nitrogen and oxygen atoms in total. The number of carbonyl (C=O) groups is 2. The molecule has 0 bridgehead atoms. The van der Waals surface area contributed by atoms with Crippen LogP contribution in [0.25, 0.3) is 0 Å². The van der Waals surface area contributed by atoms with Gasteiger partial charge in [-0.2, -0.15) is 0 Å². The van der Waals surface area contributed by atoms with E-state index in [1.165, 1.54) is 0 Å². The summed E-state index contributed by atoms with van der Waals surface area (Å²) in [6.07, 6.45) is 2.16. The molecule has 3 heteroatoms. The molecule has 0 aromatic heterocycles. The summed E-state index contributed by atoms with van der Waals surface area (Å²) < 4.78 is 5.36. The number of fused-ring (bicyclic) bond motifs is 1. The highest BCUT2D eigenvalue weighted by Crippen LogP contribution is 2.45. The summed E-state index contributed by atoms with van der Waals surface area (Å²) in [6.45, 7) is 5.87. The Morgan fingerprint density at radius 3 is 2.50 bits per heavy atom. The van der Waals surface area contributed by atoms with Crippen molar-refractivity contribution >= 4 is 11.6 Å². The van der Waals surface area contributed by atoms with E-state index in [0.29, 0.717) is 17.7 Å². The van der Waals surface area contributed by atoms with Gasteiger partial charge in [-0.1, -0.05) is 57.2 Å². The highest BCUT2D eigenvalue weighted by atomic mass is 16.5. The molecule has 0 fully saturated rings. The minimum Gasteiger partial charge on any atom is -0.496 e. The molecule has 0 saturated heterocycles. The van der Waals surface area contributed by atoms with Crippen molar-refractivity contribution in [3.8, 4) is 5.75 Å². The minimum atomic E-state index is -0.661. The largest absolute Gasteiger partial charge is 0.496 e. The third kappa shape index (κ3) is 3.18. The Kier molecular flexibility index (Phi) is 4.74. The average molecular weight is 350 g/mol. The summed E-state index contributed by atoms with van der Waals surface area (Å²) in [7, 11) is 1.57. The van der Waals surface area contributed by atoms with Crippen molar-refractivity contribution in [2.45, 2.75) is 40.0 Å². The zero-order chi connectivity index (χ0) is 18.9. The van der Waals surface area contributed by atoms with Gasteiger partial charge in [0.1, 0.15) is 5.75 Å². The second kappa shape index (κ2) is 6.71. The van der Waals surface area contributed by atoms with E-state index in [4.69, 9.17) is 4.74 Å². The number of para-hydroxylation sites is 1. The molecule has 1 aliphatic rings. The van der Waals surface area contributed by atoms with Crippen molar-refractivity contribution in [2.75, 3.05) is 7.11 Å². The van der Waals surface area contributed by atoms with E-state index < -0.39 is 10.8 Å². The van der Waals surface area contributed by atoms with Crippen LogP contribution in [0.1, 0.15) is 59.9 Å². The van der Waals surface area contributed by atoms with Gasteiger partial charge in [-0.25, -0.2) is 0 Å². The molecular formula is C23H26O3. The molecule has 0 saturated carbocycles. The van der Waals surface area contributed by atoms with Gasteiger partial charge >= 0.3 is 0 Å². The highest BCUT2D eigenvalue weighted by Gasteiger charge is 2.44. The fourth-order valence-electron chi connectivity index (χ4n) is 4.23. The summed E-state index contributed by atoms with van der Waals surface area (Å²) >= 11 is 0. The molecule has 0 spiro atoms. The van der Waals surface area contributed by atoms with Crippen molar-refractivity contribution in [3.63, 3.8) is 0 Å². The maximum absolute atomic E-state index is 13.2. The topological polar surface area (TPSA) is 43.4 Å². The van der Waals surface area contributed by atoms with Gasteiger partial charge in [-0.15, -0.1) is 0 Å². The van der Waals surface area contributed by atoms with Crippen LogP contribution in [0, 0.1) is 10.8 Å². The lowest BCUT2D eigenvalue weighted by Gasteiger charge is -2.39. The van der Waals surface area contributed by atoms with Crippen molar-refractivity contribution < 1.29 is 14.3 Å². The van der Waals surface area contributed by atoms with E-state index in [-0.39, 0.29) is 11.6 Å². The molecule has 0 radical (unpaired) electrons. The first-order chi connectivity index (χ1) is 12.3. The molecule has 3 rings (SSSR count). The maximum atomic E-state index is 13.2. The van der Waals surface area contributed by atoms with Crippen LogP contribution in [-0.4, -0.2) is 18.7 Å². The fourth-order valence-corrected chi connectivity index (χ4v) is 4.23. The fraction of sp³-hybridized carbons (Fsp3) is 0.391. The Balaban J connectivity index is 1.89. The van der Waals surface area contributed by atoms with Crippen molar-refractivity contribution in [2.24, 2.45) is 10.8 Å². The predicted octanol–water partition coefficient (Wildman–Crippen LogP) is 5.13. The first-order valence-corrected chi connectivity index (χ1v) is 9.09. The molecule has 0 amide bonds. The van der Waals surface area contributed by atoms with Gasteiger partial charge < -0.3 is 4.74 Å². The van der Waals surface area contributed by atoms with Gasteiger partial charge in [0, 0.05) is 16.4 Å². The second-order valence-corrected chi connectivity index (χ2v) is 8.14. The molecule has 0 aliphatic heterocycles. The van der Waals surface area contributed by atoms with Crippen LogP contribution >= 0.6 is 0 Å². The van der Waals surface area contributed by atoms with Crippen LogP contribution in [0.2, 0.25) is 0 Å². The van der Waals surface area contributed by atoms with Gasteiger partial charge in [-0.05, 0) is 37.0 Å². The molecule has 2 aromatic carbocycles. The van der Waals surface area contributed by atoms with E-state index in [2.05, 4.69) is 0 Å². The van der Waals surface area contributed by atoms with E-state index in [1.807, 2.05) is 57.2 Å². The lowest BCUT2D eigenvalue weighted by Crippen LogP contribution is -2.40. The van der Waals surface area contributed by atoms with Gasteiger partial charge in [0.2, 0.25) is 0 Å². The molecule has 0 heterocycles. The summed E-state index contributed by atoms with van der Waals surface area (Å²) in [5, 5.41) is 0. The summed E-state index contributed by atoms with van der Waals surface area (Å²) in [6, 6.07) is 15.1. The first-order valence-electron chi connectivity index (χ1n) is 9.09. The average Bonchev–Trinajstić information content (AvgIpc) is 2.64. The molecular weight excluding hydrogens is 324 g/mol. The Morgan fingerprint density at radius 2 is 1.77 bits per heavy atom. The maximum Gasteiger partial charge on any atom is 0.172 e. The van der Waals surface area contributed by atoms with Crippen molar-refractivity contribution in [1.82, 2.24) is 0 Å². The molecule has 26 heavy (non-hydrogen) atoms. The molecule has 2 aromatic rings. The number of ether oxygens (including phenoxy) is 1. The lowest BCUT2D eigenvalue weighted by atomic mass is 9.63. The monoisotopic (exact) mass is 350 g/mol. The van der Waals surface area contributed by atoms with Crippen molar-refractivity contribution in [3.05, 3.63) is 65.2 Å². The SMILES string of the molecule is COc1ccccc1C(=O)C(C)(C)CC1(C)CCc2ccccc2C1=O. The Hall–Kier alpha value is -2.42. The Morgan fingerprint density at radius 1 is 1.12 bits per heavy atom. The highest BCUT2D eigenvalue weighted by molar-refractivity contribution is 6.05. The van der Waals surface area contributed by atoms with E-state index in [0.717, 1.165) is 24.0 Å². The van der Waals surface area contributed by atoms with Crippen molar-refractivity contribution in [1.29, 1.82) is 0 Å². The normalized spacial score (nSPS) is 19.8. The summed E-state index contributed by atoms with van der Waals surface area (Å²) in [5.74, 6) is 0.749. The van der Waals surface area contributed by atoms with E-state index in [1.54, 1.807) is 19.2 Å². The van der Waals surface area contributed by atoms with Crippen LogP contribution < -0.4 is 4.74 Å². The molecule has 1 atom stereocenters. The third-order valence-corrected chi connectivity index (χ3v) is 5.55. The van der Waals surface area contributed by atoms with Crippen LogP contribution in [0.3, 0.4) is 0 Å². The van der Waals surface area contributed by atoms with Crippen LogP contribution in [0.15, 0.2) is 48.5 Å². The number of benzene rings is 2. The van der Waals surface area contributed by atoms with Gasteiger partial charge in [-0.3, -0.25) is 9.59 Å². The second-order valence-electron chi connectivity index (χ2n) is 8.14. The van der Waals surface area contributed by atoms with Gasteiger partial charge in [0.25, 0.3) is 0 Å². The summed E-state index contributed by atoms with van der Waals surface area (Å²) in [4.78, 5) is 26.4. The smallest absolute Gasteiger partial charge is 0.172 e. The van der Waals surface area contributed by atoms with Crippen LogP contribution in [0.5, 0.6) is 5.75 Å². The van der Waals surface area contributed by atoms with Crippen LogP contribution in [-0.2, 0) is 6.42 Å². The molecule has 1 aliphatic carbocycles.